The third-order valence-electron chi connectivity index (χ3n) is 3.75. The molecule has 0 aliphatic carbocycles. The Morgan fingerprint density at radius 2 is 1.76 bits per heavy atom. The number of aromatic carboxylic acids is 1. The van der Waals surface area contributed by atoms with E-state index in [-0.39, 0.29) is 11.7 Å². The number of ether oxygens (including phenoxy) is 1. The van der Waals surface area contributed by atoms with E-state index in [0.29, 0.717) is 5.75 Å². The fraction of sp³-hybridized carbons (Fsp3) is 0.611. The van der Waals surface area contributed by atoms with Gasteiger partial charge in [0.15, 0.2) is 0 Å². The van der Waals surface area contributed by atoms with E-state index in [2.05, 4.69) is 13.8 Å². The van der Waals surface area contributed by atoms with Crippen LogP contribution in [0.5, 0.6) is 5.75 Å². The Morgan fingerprint density at radius 1 is 1.10 bits per heavy atom. The second-order valence-corrected chi connectivity index (χ2v) is 5.51. The van der Waals surface area contributed by atoms with Crippen molar-refractivity contribution in [3.63, 3.8) is 0 Å². The average Bonchev–Trinajstić information content (AvgIpc) is 2.49. The molecule has 1 aromatic rings. The molecule has 1 aromatic carbocycles. The van der Waals surface area contributed by atoms with E-state index in [0.717, 1.165) is 19.3 Å². The van der Waals surface area contributed by atoms with Crippen molar-refractivity contribution in [2.45, 2.75) is 71.3 Å². The third-order valence-corrected chi connectivity index (χ3v) is 3.75. The number of carboxylic acid groups (broad SMARTS) is 1. The van der Waals surface area contributed by atoms with E-state index in [9.17, 15) is 4.79 Å². The fourth-order valence-corrected chi connectivity index (χ4v) is 2.42. The highest BCUT2D eigenvalue weighted by atomic mass is 16.5. The van der Waals surface area contributed by atoms with Crippen molar-refractivity contribution in [1.29, 1.82) is 0 Å². The minimum absolute atomic E-state index is 0.108. The standard InChI is InChI=1S/C18H28O3/c1-3-5-6-7-8-9-12-15(4-2)21-17-14-11-10-13-16(17)18(19)20/h10-11,13-15H,3-9,12H2,1-2H3,(H,19,20). The van der Waals surface area contributed by atoms with Crippen molar-refractivity contribution in [1.82, 2.24) is 0 Å². The summed E-state index contributed by atoms with van der Waals surface area (Å²) in [5.74, 6) is -0.442. The number of carboxylic acids is 1. The van der Waals surface area contributed by atoms with Crippen LogP contribution in [0.4, 0.5) is 0 Å². The highest BCUT2D eigenvalue weighted by Crippen LogP contribution is 2.22. The number of hydrogen-bond acceptors (Lipinski definition) is 2. The molecule has 0 fully saturated rings. The Morgan fingerprint density at radius 3 is 2.43 bits per heavy atom. The first kappa shape index (κ1) is 17.5. The molecule has 0 aromatic heterocycles. The summed E-state index contributed by atoms with van der Waals surface area (Å²) in [6, 6.07) is 6.88. The molecule has 3 heteroatoms. The lowest BCUT2D eigenvalue weighted by atomic mass is 10.1. The molecule has 0 amide bonds. The van der Waals surface area contributed by atoms with Crippen LogP contribution < -0.4 is 4.74 Å². The molecular weight excluding hydrogens is 264 g/mol. The van der Waals surface area contributed by atoms with Gasteiger partial charge >= 0.3 is 5.97 Å². The first-order chi connectivity index (χ1) is 10.2. The smallest absolute Gasteiger partial charge is 0.339 e. The molecule has 1 atom stereocenters. The van der Waals surface area contributed by atoms with Gasteiger partial charge in [-0.25, -0.2) is 4.79 Å². The normalized spacial score (nSPS) is 12.1. The second-order valence-electron chi connectivity index (χ2n) is 5.51. The lowest BCUT2D eigenvalue weighted by Crippen LogP contribution is -2.17. The van der Waals surface area contributed by atoms with Crippen molar-refractivity contribution < 1.29 is 14.6 Å². The lowest BCUT2D eigenvalue weighted by molar-refractivity contribution is 0.0688. The van der Waals surface area contributed by atoms with Crippen LogP contribution in [0.2, 0.25) is 0 Å². The summed E-state index contributed by atoms with van der Waals surface area (Å²) in [6.45, 7) is 4.31. The molecule has 118 valence electrons. The maximum Gasteiger partial charge on any atom is 0.339 e. The Bertz CT molecular complexity index is 415. The molecule has 0 aliphatic heterocycles. The van der Waals surface area contributed by atoms with Crippen LogP contribution in [0.25, 0.3) is 0 Å². The van der Waals surface area contributed by atoms with Gasteiger partial charge in [-0.1, -0.05) is 58.1 Å². The Balaban J connectivity index is 2.42. The third kappa shape index (κ3) is 6.65. The molecule has 0 saturated carbocycles. The van der Waals surface area contributed by atoms with Crippen molar-refractivity contribution in [2.24, 2.45) is 0 Å². The molecule has 21 heavy (non-hydrogen) atoms. The van der Waals surface area contributed by atoms with Crippen molar-refractivity contribution in [2.75, 3.05) is 0 Å². The molecule has 0 aliphatic rings. The number of hydrogen-bond donors (Lipinski definition) is 1. The number of benzene rings is 1. The van der Waals surface area contributed by atoms with Gasteiger partial charge in [0.05, 0.1) is 6.10 Å². The van der Waals surface area contributed by atoms with Gasteiger partial charge in [0.25, 0.3) is 0 Å². The van der Waals surface area contributed by atoms with Gasteiger partial charge < -0.3 is 9.84 Å². The van der Waals surface area contributed by atoms with Crippen LogP contribution >= 0.6 is 0 Å². The molecule has 0 radical (unpaired) electrons. The summed E-state index contributed by atoms with van der Waals surface area (Å²) in [7, 11) is 0. The van der Waals surface area contributed by atoms with Crippen LogP contribution in [0.15, 0.2) is 24.3 Å². The first-order valence-corrected chi connectivity index (χ1v) is 8.18. The van der Waals surface area contributed by atoms with Crippen LogP contribution in [-0.4, -0.2) is 17.2 Å². The molecule has 3 nitrogen and oxygen atoms in total. The Labute approximate surface area is 128 Å². The molecule has 1 unspecified atom stereocenters. The summed E-state index contributed by atoms with van der Waals surface area (Å²) < 4.78 is 5.90. The average molecular weight is 292 g/mol. The maximum atomic E-state index is 11.2. The largest absolute Gasteiger partial charge is 0.490 e. The minimum atomic E-state index is -0.931. The second kappa shape index (κ2) is 10.3. The quantitative estimate of drug-likeness (QED) is 0.563. The number of unbranched alkanes of at least 4 members (excludes halogenated alkanes) is 5. The molecule has 1 rings (SSSR count). The predicted molar refractivity (Wildman–Crippen MR) is 86.1 cm³/mol. The highest BCUT2D eigenvalue weighted by molar-refractivity contribution is 5.90. The predicted octanol–water partition coefficient (Wildman–Crippen LogP) is 5.29. The van der Waals surface area contributed by atoms with Crippen molar-refractivity contribution in [3.8, 4) is 5.75 Å². The van der Waals surface area contributed by atoms with Crippen molar-refractivity contribution >= 4 is 5.97 Å². The van der Waals surface area contributed by atoms with Crippen molar-refractivity contribution in [3.05, 3.63) is 29.8 Å². The van der Waals surface area contributed by atoms with E-state index in [1.165, 1.54) is 32.1 Å². The lowest BCUT2D eigenvalue weighted by Gasteiger charge is -2.18. The van der Waals surface area contributed by atoms with Crippen LogP contribution in [0, 0.1) is 0 Å². The van der Waals surface area contributed by atoms with Gasteiger partial charge in [0, 0.05) is 0 Å². The minimum Gasteiger partial charge on any atom is -0.490 e. The van der Waals surface area contributed by atoms with Crippen LogP contribution in [0.3, 0.4) is 0 Å². The van der Waals surface area contributed by atoms with Crippen LogP contribution in [-0.2, 0) is 0 Å². The molecule has 0 bridgehead atoms. The van der Waals surface area contributed by atoms with E-state index in [4.69, 9.17) is 9.84 Å². The Kier molecular flexibility index (Phi) is 8.56. The highest BCUT2D eigenvalue weighted by Gasteiger charge is 2.14. The van der Waals surface area contributed by atoms with Gasteiger partial charge in [0.1, 0.15) is 11.3 Å². The van der Waals surface area contributed by atoms with Crippen LogP contribution in [0.1, 0.15) is 75.6 Å². The SMILES string of the molecule is CCCCCCCCC(CC)Oc1ccccc1C(=O)O. The van der Waals surface area contributed by atoms with Gasteiger partial charge in [-0.2, -0.15) is 0 Å². The zero-order valence-electron chi connectivity index (χ0n) is 13.3. The van der Waals surface area contributed by atoms with E-state index in [1.54, 1.807) is 18.2 Å². The zero-order chi connectivity index (χ0) is 15.5. The maximum absolute atomic E-state index is 11.2. The summed E-state index contributed by atoms with van der Waals surface area (Å²) in [5.41, 5.74) is 0.249. The van der Waals surface area contributed by atoms with Gasteiger partial charge in [-0.3, -0.25) is 0 Å². The van der Waals surface area contributed by atoms with Gasteiger partial charge in [-0.05, 0) is 31.4 Å². The molecule has 0 spiro atoms. The van der Waals surface area contributed by atoms with Gasteiger partial charge in [0.2, 0.25) is 0 Å². The number of rotatable bonds is 11. The summed E-state index contributed by atoms with van der Waals surface area (Å²) in [5, 5.41) is 9.17. The monoisotopic (exact) mass is 292 g/mol. The molecule has 0 saturated heterocycles. The molecule has 1 N–H and O–H groups in total. The summed E-state index contributed by atoms with van der Waals surface area (Å²) in [6.07, 6.45) is 9.59. The van der Waals surface area contributed by atoms with Gasteiger partial charge in [-0.15, -0.1) is 0 Å². The van der Waals surface area contributed by atoms with E-state index >= 15 is 0 Å². The number of para-hydroxylation sites is 1. The summed E-state index contributed by atoms with van der Waals surface area (Å²) in [4.78, 5) is 11.2. The zero-order valence-corrected chi connectivity index (χ0v) is 13.3. The Hall–Kier alpha value is -1.51. The molecular formula is C18H28O3. The van der Waals surface area contributed by atoms with E-state index < -0.39 is 5.97 Å². The fourth-order valence-electron chi connectivity index (χ4n) is 2.42. The van der Waals surface area contributed by atoms with E-state index in [1.807, 2.05) is 6.07 Å². The summed E-state index contributed by atoms with van der Waals surface area (Å²) >= 11 is 0. The first-order valence-electron chi connectivity index (χ1n) is 8.18. The topological polar surface area (TPSA) is 46.5 Å². The molecule has 0 heterocycles. The number of carbonyl (C=O) groups is 1.